The molecule has 0 spiro atoms. The van der Waals surface area contributed by atoms with Crippen LogP contribution in [-0.4, -0.2) is 6.54 Å². The Bertz CT molecular complexity index is 397. The van der Waals surface area contributed by atoms with Gasteiger partial charge in [0.25, 0.3) is 0 Å². The van der Waals surface area contributed by atoms with E-state index in [1.54, 1.807) is 0 Å². The first kappa shape index (κ1) is 11.1. The van der Waals surface area contributed by atoms with E-state index in [0.717, 1.165) is 36.1 Å². The first-order valence-corrected chi connectivity index (χ1v) is 7.65. The van der Waals surface area contributed by atoms with Crippen LogP contribution in [0.15, 0.2) is 23.0 Å². The average Bonchev–Trinajstić information content (AvgIpc) is 2.85. The van der Waals surface area contributed by atoms with Crippen LogP contribution in [0.4, 0.5) is 0 Å². The number of rotatable bonds is 5. The van der Waals surface area contributed by atoms with Gasteiger partial charge in [0.15, 0.2) is 0 Å². The zero-order valence-corrected chi connectivity index (χ0v) is 11.1. The fourth-order valence-corrected chi connectivity index (χ4v) is 5.07. The van der Waals surface area contributed by atoms with Crippen LogP contribution in [0.1, 0.15) is 44.2 Å². The molecule has 0 radical (unpaired) electrons. The number of fused-ring (bicyclic) bond motifs is 5. The molecule has 2 heteroatoms. The Kier molecular flexibility index (Phi) is 2.54. The molecule has 0 amide bonds. The molecule has 3 aliphatic carbocycles. The number of hydrogen-bond donors (Lipinski definition) is 1. The van der Waals surface area contributed by atoms with Crippen molar-refractivity contribution in [2.24, 2.45) is 29.6 Å². The van der Waals surface area contributed by atoms with E-state index >= 15 is 0 Å². The third-order valence-corrected chi connectivity index (χ3v) is 5.70. The SMILES string of the molecule is CCCNC(c1ccoc1)C1C2C3CCC(C3)C21. The van der Waals surface area contributed by atoms with E-state index in [9.17, 15) is 0 Å². The van der Waals surface area contributed by atoms with Crippen LogP contribution in [0.5, 0.6) is 0 Å². The Morgan fingerprint density at radius 3 is 2.72 bits per heavy atom. The Morgan fingerprint density at radius 1 is 1.33 bits per heavy atom. The fraction of sp³-hybridized carbons (Fsp3) is 0.750. The minimum Gasteiger partial charge on any atom is -0.472 e. The molecule has 1 aromatic rings. The summed E-state index contributed by atoms with van der Waals surface area (Å²) >= 11 is 0. The monoisotopic (exact) mass is 245 g/mol. The summed E-state index contributed by atoms with van der Waals surface area (Å²) in [5.41, 5.74) is 1.38. The van der Waals surface area contributed by atoms with Gasteiger partial charge < -0.3 is 9.73 Å². The maximum absolute atomic E-state index is 5.30. The highest BCUT2D eigenvalue weighted by molar-refractivity contribution is 5.23. The van der Waals surface area contributed by atoms with Crippen molar-refractivity contribution in [3.63, 3.8) is 0 Å². The van der Waals surface area contributed by atoms with Crippen LogP contribution >= 0.6 is 0 Å². The lowest BCUT2D eigenvalue weighted by Crippen LogP contribution is -2.26. The van der Waals surface area contributed by atoms with Crippen LogP contribution in [0.25, 0.3) is 0 Å². The summed E-state index contributed by atoms with van der Waals surface area (Å²) in [6.07, 6.45) is 9.54. The highest BCUT2D eigenvalue weighted by atomic mass is 16.3. The minimum absolute atomic E-state index is 0.557. The molecule has 18 heavy (non-hydrogen) atoms. The topological polar surface area (TPSA) is 25.2 Å². The van der Waals surface area contributed by atoms with Gasteiger partial charge in [0.05, 0.1) is 12.5 Å². The van der Waals surface area contributed by atoms with Crippen molar-refractivity contribution in [3.8, 4) is 0 Å². The third-order valence-electron chi connectivity index (χ3n) is 5.70. The van der Waals surface area contributed by atoms with Crippen LogP contribution in [-0.2, 0) is 0 Å². The highest BCUT2D eigenvalue weighted by Gasteiger charge is 2.66. The number of furan rings is 1. The number of hydrogen-bond acceptors (Lipinski definition) is 2. The van der Waals surface area contributed by atoms with E-state index in [-0.39, 0.29) is 0 Å². The van der Waals surface area contributed by atoms with E-state index in [2.05, 4.69) is 18.3 Å². The Morgan fingerprint density at radius 2 is 2.11 bits per heavy atom. The second-order valence-corrected chi connectivity index (χ2v) is 6.55. The van der Waals surface area contributed by atoms with Crippen LogP contribution < -0.4 is 5.32 Å². The molecule has 0 aliphatic heterocycles. The molecule has 5 unspecified atom stereocenters. The van der Waals surface area contributed by atoms with E-state index in [1.807, 2.05) is 12.5 Å². The average molecular weight is 245 g/mol. The van der Waals surface area contributed by atoms with Crippen molar-refractivity contribution in [2.45, 2.75) is 38.6 Å². The van der Waals surface area contributed by atoms with Crippen molar-refractivity contribution in [2.75, 3.05) is 6.54 Å². The lowest BCUT2D eigenvalue weighted by Gasteiger charge is -2.20. The molecule has 2 nitrogen and oxygen atoms in total. The molecule has 5 atom stereocenters. The molecule has 1 aromatic heterocycles. The zero-order chi connectivity index (χ0) is 12.1. The summed E-state index contributed by atoms with van der Waals surface area (Å²) in [5.74, 6) is 5.09. The van der Waals surface area contributed by atoms with Gasteiger partial charge in [-0.2, -0.15) is 0 Å². The molecular weight excluding hydrogens is 222 g/mol. The van der Waals surface area contributed by atoms with E-state index < -0.39 is 0 Å². The smallest absolute Gasteiger partial charge is 0.0950 e. The molecule has 4 rings (SSSR count). The van der Waals surface area contributed by atoms with Gasteiger partial charge in [0.2, 0.25) is 0 Å². The van der Waals surface area contributed by atoms with E-state index in [0.29, 0.717) is 6.04 Å². The molecule has 2 bridgehead atoms. The lowest BCUT2D eigenvalue weighted by atomic mass is 9.94. The minimum atomic E-state index is 0.557. The Balaban J connectivity index is 1.54. The van der Waals surface area contributed by atoms with Crippen molar-refractivity contribution in [3.05, 3.63) is 24.2 Å². The summed E-state index contributed by atoms with van der Waals surface area (Å²) in [7, 11) is 0. The molecule has 3 aliphatic rings. The van der Waals surface area contributed by atoms with Crippen molar-refractivity contribution >= 4 is 0 Å². The maximum Gasteiger partial charge on any atom is 0.0950 e. The summed E-state index contributed by atoms with van der Waals surface area (Å²) in [5, 5.41) is 3.77. The molecular formula is C16H23NO. The summed E-state index contributed by atoms with van der Waals surface area (Å²) in [6.45, 7) is 3.37. The summed E-state index contributed by atoms with van der Waals surface area (Å²) in [4.78, 5) is 0. The molecule has 3 fully saturated rings. The van der Waals surface area contributed by atoms with Gasteiger partial charge in [0.1, 0.15) is 0 Å². The van der Waals surface area contributed by atoms with Crippen molar-refractivity contribution in [1.82, 2.24) is 5.32 Å². The quantitative estimate of drug-likeness (QED) is 0.857. The van der Waals surface area contributed by atoms with Crippen LogP contribution in [0, 0.1) is 29.6 Å². The van der Waals surface area contributed by atoms with Crippen molar-refractivity contribution in [1.29, 1.82) is 0 Å². The van der Waals surface area contributed by atoms with Crippen LogP contribution in [0.3, 0.4) is 0 Å². The largest absolute Gasteiger partial charge is 0.472 e. The molecule has 0 saturated heterocycles. The highest BCUT2D eigenvalue weighted by Crippen LogP contribution is 2.72. The second kappa shape index (κ2) is 4.12. The van der Waals surface area contributed by atoms with Gasteiger partial charge in [0, 0.05) is 11.6 Å². The fourth-order valence-electron chi connectivity index (χ4n) is 5.07. The van der Waals surface area contributed by atoms with Gasteiger partial charge >= 0.3 is 0 Å². The van der Waals surface area contributed by atoms with Gasteiger partial charge in [-0.15, -0.1) is 0 Å². The summed E-state index contributed by atoms with van der Waals surface area (Å²) in [6, 6.07) is 2.71. The first-order chi connectivity index (χ1) is 8.90. The molecule has 1 heterocycles. The second-order valence-electron chi connectivity index (χ2n) is 6.55. The first-order valence-electron chi connectivity index (χ1n) is 7.65. The molecule has 1 N–H and O–H groups in total. The molecule has 3 saturated carbocycles. The molecule has 98 valence electrons. The summed E-state index contributed by atoms with van der Waals surface area (Å²) < 4.78 is 5.30. The van der Waals surface area contributed by atoms with E-state index in [4.69, 9.17) is 4.42 Å². The zero-order valence-electron chi connectivity index (χ0n) is 11.1. The lowest BCUT2D eigenvalue weighted by molar-refractivity contribution is 0.368. The predicted octanol–water partition coefficient (Wildman–Crippen LogP) is 3.61. The van der Waals surface area contributed by atoms with Gasteiger partial charge in [-0.25, -0.2) is 0 Å². The van der Waals surface area contributed by atoms with Crippen LogP contribution in [0.2, 0.25) is 0 Å². The Labute approximate surface area is 109 Å². The predicted molar refractivity (Wildman–Crippen MR) is 71.0 cm³/mol. The standard InChI is InChI=1S/C16H23NO/c1-2-6-17-16(12-5-7-18-9-12)15-13-10-3-4-11(8-10)14(13)15/h5,7,9-11,13-17H,2-4,6,8H2,1H3. The number of nitrogens with one attached hydrogen (secondary N) is 1. The van der Waals surface area contributed by atoms with Gasteiger partial charge in [-0.1, -0.05) is 6.92 Å². The van der Waals surface area contributed by atoms with Crippen molar-refractivity contribution < 1.29 is 4.42 Å². The van der Waals surface area contributed by atoms with E-state index in [1.165, 1.54) is 31.2 Å². The third kappa shape index (κ3) is 1.51. The molecule has 0 aromatic carbocycles. The normalized spacial score (nSPS) is 41.9. The van der Waals surface area contributed by atoms with Gasteiger partial charge in [-0.3, -0.25) is 0 Å². The Hall–Kier alpha value is -0.760. The van der Waals surface area contributed by atoms with Gasteiger partial charge in [-0.05, 0) is 67.9 Å². The maximum atomic E-state index is 5.30.